The number of thiophene rings is 1. The Hall–Kier alpha value is -2.34. The van der Waals surface area contributed by atoms with E-state index in [0.29, 0.717) is 25.9 Å². The summed E-state index contributed by atoms with van der Waals surface area (Å²) >= 11 is 1.61. The molecule has 6 heteroatoms. The highest BCUT2D eigenvalue weighted by Gasteiger charge is 2.31. The van der Waals surface area contributed by atoms with Crippen LogP contribution in [0.3, 0.4) is 0 Å². The van der Waals surface area contributed by atoms with Crippen LogP contribution in [0.1, 0.15) is 36.1 Å². The number of likely N-dealkylation sites (tertiary alicyclic amines) is 1. The Bertz CT molecular complexity index is 745. The molecule has 2 amide bonds. The molecule has 2 aromatic rings. The lowest BCUT2D eigenvalue weighted by molar-refractivity contribution is -0.140. The Kier molecular flexibility index (Phi) is 6.28. The van der Waals surface area contributed by atoms with Crippen molar-refractivity contribution in [2.24, 2.45) is 0 Å². The highest BCUT2D eigenvalue weighted by molar-refractivity contribution is 7.09. The maximum Gasteiger partial charge on any atom is 0.243 e. The van der Waals surface area contributed by atoms with E-state index in [0.717, 1.165) is 29.0 Å². The summed E-state index contributed by atoms with van der Waals surface area (Å²) in [6.45, 7) is 0.932. The van der Waals surface area contributed by atoms with Crippen LogP contribution in [0.25, 0.3) is 0 Å². The summed E-state index contributed by atoms with van der Waals surface area (Å²) in [5.74, 6) is 0.724. The number of carbonyl (C=O) groups excluding carboxylic acids is 2. The van der Waals surface area contributed by atoms with Crippen LogP contribution >= 0.6 is 11.3 Å². The first-order valence-electron chi connectivity index (χ1n) is 8.90. The largest absolute Gasteiger partial charge is 0.497 e. The van der Waals surface area contributed by atoms with Crippen LogP contribution in [0, 0.1) is 0 Å². The van der Waals surface area contributed by atoms with Gasteiger partial charge >= 0.3 is 0 Å². The Morgan fingerprint density at radius 2 is 2.19 bits per heavy atom. The molecular weight excluding hydrogens is 348 g/mol. The van der Waals surface area contributed by atoms with Gasteiger partial charge in [-0.15, -0.1) is 11.3 Å². The van der Waals surface area contributed by atoms with Crippen molar-refractivity contribution in [2.75, 3.05) is 7.11 Å². The van der Waals surface area contributed by atoms with Gasteiger partial charge in [0.05, 0.1) is 13.7 Å². The summed E-state index contributed by atoms with van der Waals surface area (Å²) in [4.78, 5) is 28.3. The van der Waals surface area contributed by atoms with Gasteiger partial charge in [-0.1, -0.05) is 24.6 Å². The molecule has 0 radical (unpaired) electrons. The number of methoxy groups -OCH3 is 1. The minimum absolute atomic E-state index is 0.0431. The number of ether oxygens (including phenoxy) is 1. The molecule has 138 valence electrons. The van der Waals surface area contributed by atoms with Crippen molar-refractivity contribution in [1.29, 1.82) is 0 Å². The normalized spacial score (nSPS) is 17.7. The second-order valence-corrected chi connectivity index (χ2v) is 7.46. The van der Waals surface area contributed by atoms with E-state index in [1.54, 1.807) is 23.3 Å². The van der Waals surface area contributed by atoms with Crippen LogP contribution in [-0.2, 0) is 22.7 Å². The number of hydrogen-bond acceptors (Lipinski definition) is 4. The average molecular weight is 372 g/mol. The fourth-order valence-corrected chi connectivity index (χ4v) is 3.88. The molecule has 1 aromatic heterocycles. The van der Waals surface area contributed by atoms with Crippen LogP contribution in [0.4, 0.5) is 0 Å². The van der Waals surface area contributed by atoms with Gasteiger partial charge in [0.25, 0.3) is 0 Å². The predicted octanol–water partition coefficient (Wildman–Crippen LogP) is 3.34. The zero-order valence-corrected chi connectivity index (χ0v) is 15.8. The molecule has 5 nitrogen and oxygen atoms in total. The molecule has 3 rings (SSSR count). The third-order valence-corrected chi connectivity index (χ3v) is 5.50. The molecule has 0 spiro atoms. The molecule has 1 aliphatic rings. The van der Waals surface area contributed by atoms with Crippen LogP contribution < -0.4 is 10.1 Å². The van der Waals surface area contributed by atoms with E-state index < -0.39 is 6.04 Å². The fourth-order valence-electron chi connectivity index (χ4n) is 3.23. The minimum Gasteiger partial charge on any atom is -0.497 e. The summed E-state index contributed by atoms with van der Waals surface area (Å²) in [7, 11) is 1.62. The maximum absolute atomic E-state index is 12.8. The molecule has 1 unspecified atom stereocenters. The van der Waals surface area contributed by atoms with E-state index >= 15 is 0 Å². The summed E-state index contributed by atoms with van der Waals surface area (Å²) in [5.41, 5.74) is 0.968. The Morgan fingerprint density at radius 1 is 1.31 bits per heavy atom. The molecule has 1 aliphatic heterocycles. The summed E-state index contributed by atoms with van der Waals surface area (Å²) in [6.07, 6.45) is 2.92. The van der Waals surface area contributed by atoms with Gasteiger partial charge in [-0.05, 0) is 42.0 Å². The molecule has 0 aliphatic carbocycles. The molecule has 0 bridgehead atoms. The summed E-state index contributed by atoms with van der Waals surface area (Å²) in [6, 6.07) is 11.2. The number of rotatable bonds is 6. The number of carbonyl (C=O) groups is 2. The zero-order valence-electron chi connectivity index (χ0n) is 14.9. The standard InChI is InChI=1S/C20H24N2O3S/c1-25-16-7-4-6-15(12-16)14-22-18(9-2-3-10-19(22)23)20(24)21-13-17-8-5-11-26-17/h4-8,11-12,18H,2-3,9-10,13-14H2,1H3,(H,21,24). The maximum atomic E-state index is 12.8. The Balaban J connectivity index is 1.73. The zero-order chi connectivity index (χ0) is 18.4. The highest BCUT2D eigenvalue weighted by atomic mass is 32.1. The van der Waals surface area contributed by atoms with Crippen LogP contribution in [0.15, 0.2) is 41.8 Å². The van der Waals surface area contributed by atoms with Crippen molar-refractivity contribution in [3.63, 3.8) is 0 Å². The predicted molar refractivity (Wildman–Crippen MR) is 102 cm³/mol. The Labute approximate surface area is 158 Å². The number of benzene rings is 1. The lowest BCUT2D eigenvalue weighted by Gasteiger charge is -2.29. The Morgan fingerprint density at radius 3 is 2.96 bits per heavy atom. The van der Waals surface area contributed by atoms with Gasteiger partial charge in [0.2, 0.25) is 11.8 Å². The molecule has 26 heavy (non-hydrogen) atoms. The molecule has 1 aromatic carbocycles. The summed E-state index contributed by atoms with van der Waals surface area (Å²) < 4.78 is 5.27. The van der Waals surface area contributed by atoms with Crippen molar-refractivity contribution >= 4 is 23.2 Å². The minimum atomic E-state index is -0.420. The molecule has 2 heterocycles. The van der Waals surface area contributed by atoms with Crippen molar-refractivity contribution in [2.45, 2.75) is 44.8 Å². The lowest BCUT2D eigenvalue weighted by Crippen LogP contribution is -2.48. The number of nitrogens with zero attached hydrogens (tertiary/aromatic N) is 1. The van der Waals surface area contributed by atoms with Gasteiger partial charge in [0.15, 0.2) is 0 Å². The van der Waals surface area contributed by atoms with Crippen molar-refractivity contribution in [3.05, 3.63) is 52.2 Å². The molecule has 1 N–H and O–H groups in total. The highest BCUT2D eigenvalue weighted by Crippen LogP contribution is 2.22. The van der Waals surface area contributed by atoms with Gasteiger partial charge in [0.1, 0.15) is 11.8 Å². The van der Waals surface area contributed by atoms with Crippen LogP contribution in [0.2, 0.25) is 0 Å². The van der Waals surface area contributed by atoms with Gasteiger partial charge < -0.3 is 15.0 Å². The van der Waals surface area contributed by atoms with E-state index in [2.05, 4.69) is 5.32 Å². The van der Waals surface area contributed by atoms with Gasteiger partial charge in [0, 0.05) is 17.8 Å². The van der Waals surface area contributed by atoms with Crippen molar-refractivity contribution in [3.8, 4) is 5.75 Å². The third kappa shape index (κ3) is 4.64. The fraction of sp³-hybridized carbons (Fsp3) is 0.400. The van der Waals surface area contributed by atoms with Crippen molar-refractivity contribution < 1.29 is 14.3 Å². The van der Waals surface area contributed by atoms with E-state index in [-0.39, 0.29) is 11.8 Å². The number of nitrogens with one attached hydrogen (secondary N) is 1. The van der Waals surface area contributed by atoms with E-state index in [9.17, 15) is 9.59 Å². The average Bonchev–Trinajstić information content (AvgIpc) is 3.12. The monoisotopic (exact) mass is 372 g/mol. The van der Waals surface area contributed by atoms with Crippen LogP contribution in [-0.4, -0.2) is 29.9 Å². The quantitative estimate of drug-likeness (QED) is 0.846. The van der Waals surface area contributed by atoms with E-state index in [1.165, 1.54) is 0 Å². The SMILES string of the molecule is COc1cccc(CN2C(=O)CCCCC2C(=O)NCc2cccs2)c1. The first-order valence-corrected chi connectivity index (χ1v) is 9.78. The van der Waals surface area contributed by atoms with Crippen molar-refractivity contribution in [1.82, 2.24) is 10.2 Å². The molecule has 1 atom stereocenters. The molecule has 1 fully saturated rings. The second kappa shape index (κ2) is 8.85. The summed E-state index contributed by atoms with van der Waals surface area (Å²) in [5, 5.41) is 4.99. The number of amides is 2. The molecular formula is C20H24N2O3S. The first kappa shape index (κ1) is 18.5. The lowest BCUT2D eigenvalue weighted by atomic mass is 10.1. The van der Waals surface area contributed by atoms with Gasteiger partial charge in [-0.25, -0.2) is 0 Å². The van der Waals surface area contributed by atoms with E-state index in [1.807, 2.05) is 41.8 Å². The third-order valence-electron chi connectivity index (χ3n) is 4.62. The number of hydrogen-bond donors (Lipinski definition) is 1. The van der Waals surface area contributed by atoms with Gasteiger partial charge in [-0.3, -0.25) is 9.59 Å². The smallest absolute Gasteiger partial charge is 0.243 e. The van der Waals surface area contributed by atoms with Crippen LogP contribution in [0.5, 0.6) is 5.75 Å². The molecule has 0 saturated carbocycles. The second-order valence-electron chi connectivity index (χ2n) is 6.43. The molecule has 1 saturated heterocycles. The first-order chi connectivity index (χ1) is 12.7. The van der Waals surface area contributed by atoms with E-state index in [4.69, 9.17) is 4.74 Å². The van der Waals surface area contributed by atoms with Gasteiger partial charge in [-0.2, -0.15) is 0 Å². The topological polar surface area (TPSA) is 58.6 Å².